The fourth-order valence-corrected chi connectivity index (χ4v) is 2.29. The molecule has 0 bridgehead atoms. The number of halogens is 1. The summed E-state index contributed by atoms with van der Waals surface area (Å²) >= 11 is 6.13. The van der Waals surface area contributed by atoms with Gasteiger partial charge >= 0.3 is 0 Å². The van der Waals surface area contributed by atoms with Crippen molar-refractivity contribution in [3.05, 3.63) is 52.4 Å². The predicted octanol–water partition coefficient (Wildman–Crippen LogP) is 3.07. The molecule has 1 aromatic carbocycles. The van der Waals surface area contributed by atoms with Crippen molar-refractivity contribution in [2.45, 2.75) is 26.4 Å². The van der Waals surface area contributed by atoms with Crippen LogP contribution in [-0.2, 0) is 5.60 Å². The molecule has 1 heterocycles. The average Bonchev–Trinajstić information content (AvgIpc) is 2.40. The quantitative estimate of drug-likeness (QED) is 0.909. The van der Waals surface area contributed by atoms with Crippen molar-refractivity contribution in [2.24, 2.45) is 0 Å². The van der Waals surface area contributed by atoms with E-state index in [1.165, 1.54) is 0 Å². The number of anilines is 1. The van der Waals surface area contributed by atoms with Gasteiger partial charge in [-0.3, -0.25) is 4.98 Å². The first-order valence-electron chi connectivity index (χ1n) is 6.41. The molecule has 5 heteroatoms. The van der Waals surface area contributed by atoms with Gasteiger partial charge < -0.3 is 10.4 Å². The van der Waals surface area contributed by atoms with E-state index < -0.39 is 5.60 Å². The second-order valence-electron chi connectivity index (χ2n) is 5.05. The van der Waals surface area contributed by atoms with E-state index in [4.69, 9.17) is 11.6 Å². The van der Waals surface area contributed by atoms with Crippen LogP contribution in [0, 0.1) is 13.8 Å². The Labute approximate surface area is 123 Å². The highest BCUT2D eigenvalue weighted by Gasteiger charge is 2.25. The van der Waals surface area contributed by atoms with Crippen LogP contribution in [0.5, 0.6) is 0 Å². The average molecular weight is 292 g/mol. The van der Waals surface area contributed by atoms with Crippen molar-refractivity contribution in [2.75, 3.05) is 11.9 Å². The van der Waals surface area contributed by atoms with Gasteiger partial charge in [-0.05, 0) is 26.8 Å². The molecule has 0 saturated carbocycles. The number of aliphatic hydroxyl groups is 1. The van der Waals surface area contributed by atoms with Gasteiger partial charge in [0.15, 0.2) is 0 Å². The third kappa shape index (κ3) is 3.26. The Morgan fingerprint density at radius 2 is 2.00 bits per heavy atom. The summed E-state index contributed by atoms with van der Waals surface area (Å²) < 4.78 is 0. The highest BCUT2D eigenvalue weighted by molar-refractivity contribution is 6.31. The van der Waals surface area contributed by atoms with Crippen LogP contribution in [0.15, 0.2) is 30.5 Å². The van der Waals surface area contributed by atoms with Crippen LogP contribution in [-0.4, -0.2) is 21.6 Å². The highest BCUT2D eigenvalue weighted by atomic mass is 35.5. The molecule has 0 spiro atoms. The Morgan fingerprint density at radius 3 is 2.70 bits per heavy atom. The van der Waals surface area contributed by atoms with Gasteiger partial charge in [-0.25, -0.2) is 4.98 Å². The molecule has 106 valence electrons. The summed E-state index contributed by atoms with van der Waals surface area (Å²) in [5.74, 6) is 0.678. The van der Waals surface area contributed by atoms with Crippen LogP contribution >= 0.6 is 11.6 Å². The summed E-state index contributed by atoms with van der Waals surface area (Å²) in [6.07, 6.45) is 1.72. The highest BCUT2D eigenvalue weighted by Crippen LogP contribution is 2.28. The standard InChI is InChI=1S/C15H18ClN3O/c1-10-8-17-11(2)14(19-10)18-9-15(3,20)12-6-4-5-7-13(12)16/h4-8,20H,9H2,1-3H3,(H,18,19). The van der Waals surface area contributed by atoms with Crippen LogP contribution in [0.3, 0.4) is 0 Å². The maximum Gasteiger partial charge on any atom is 0.147 e. The molecule has 0 radical (unpaired) electrons. The smallest absolute Gasteiger partial charge is 0.147 e. The molecule has 1 atom stereocenters. The summed E-state index contributed by atoms with van der Waals surface area (Å²) in [6.45, 7) is 5.78. The largest absolute Gasteiger partial charge is 0.384 e. The molecule has 4 nitrogen and oxygen atoms in total. The molecule has 1 unspecified atom stereocenters. The molecule has 0 aliphatic carbocycles. The molecular formula is C15H18ClN3O. The zero-order valence-electron chi connectivity index (χ0n) is 11.8. The Morgan fingerprint density at radius 1 is 1.30 bits per heavy atom. The van der Waals surface area contributed by atoms with Crippen molar-refractivity contribution < 1.29 is 5.11 Å². The van der Waals surface area contributed by atoms with E-state index >= 15 is 0 Å². The van der Waals surface area contributed by atoms with Crippen LogP contribution in [0.2, 0.25) is 5.02 Å². The number of nitrogens with one attached hydrogen (secondary N) is 1. The molecule has 0 saturated heterocycles. The minimum Gasteiger partial charge on any atom is -0.384 e. The van der Waals surface area contributed by atoms with Gasteiger partial charge in [-0.1, -0.05) is 29.8 Å². The summed E-state index contributed by atoms with van der Waals surface area (Å²) in [7, 11) is 0. The van der Waals surface area contributed by atoms with Crippen molar-refractivity contribution >= 4 is 17.4 Å². The number of benzene rings is 1. The van der Waals surface area contributed by atoms with E-state index in [0.29, 0.717) is 22.9 Å². The predicted molar refractivity (Wildman–Crippen MR) is 81.0 cm³/mol. The Kier molecular flexibility index (Phi) is 4.26. The number of aryl methyl sites for hydroxylation is 2. The van der Waals surface area contributed by atoms with Gasteiger partial charge in [0.2, 0.25) is 0 Å². The summed E-state index contributed by atoms with van der Waals surface area (Å²) in [5.41, 5.74) is 1.23. The zero-order chi connectivity index (χ0) is 14.8. The molecule has 0 fully saturated rings. The first kappa shape index (κ1) is 14.8. The lowest BCUT2D eigenvalue weighted by Gasteiger charge is -2.25. The zero-order valence-corrected chi connectivity index (χ0v) is 12.6. The second kappa shape index (κ2) is 5.77. The fourth-order valence-electron chi connectivity index (χ4n) is 1.95. The minimum absolute atomic E-state index is 0.301. The molecule has 2 N–H and O–H groups in total. The lowest BCUT2D eigenvalue weighted by atomic mass is 9.96. The van der Waals surface area contributed by atoms with E-state index in [1.807, 2.05) is 32.0 Å². The van der Waals surface area contributed by atoms with Gasteiger partial charge in [-0.15, -0.1) is 0 Å². The minimum atomic E-state index is -1.09. The summed E-state index contributed by atoms with van der Waals surface area (Å²) in [6, 6.07) is 7.28. The van der Waals surface area contributed by atoms with Crippen molar-refractivity contribution in [1.82, 2.24) is 9.97 Å². The van der Waals surface area contributed by atoms with Gasteiger partial charge in [-0.2, -0.15) is 0 Å². The van der Waals surface area contributed by atoms with Gasteiger partial charge in [0.05, 0.1) is 11.4 Å². The third-order valence-electron chi connectivity index (χ3n) is 3.13. The third-order valence-corrected chi connectivity index (χ3v) is 3.46. The van der Waals surface area contributed by atoms with Crippen molar-refractivity contribution in [1.29, 1.82) is 0 Å². The lowest BCUT2D eigenvalue weighted by Crippen LogP contribution is -2.31. The maximum atomic E-state index is 10.6. The number of aromatic nitrogens is 2. The van der Waals surface area contributed by atoms with E-state index in [-0.39, 0.29) is 0 Å². The van der Waals surface area contributed by atoms with E-state index in [2.05, 4.69) is 15.3 Å². The SMILES string of the molecule is Cc1cnc(C)c(NCC(C)(O)c2ccccc2Cl)n1. The van der Waals surface area contributed by atoms with Crippen LogP contribution in [0.4, 0.5) is 5.82 Å². The molecule has 20 heavy (non-hydrogen) atoms. The Bertz CT molecular complexity index is 614. The molecule has 1 aromatic heterocycles. The van der Waals surface area contributed by atoms with Gasteiger partial charge in [0.25, 0.3) is 0 Å². The van der Waals surface area contributed by atoms with Gasteiger partial charge in [0.1, 0.15) is 11.4 Å². The molecule has 0 aliphatic rings. The molecule has 2 aromatic rings. The summed E-state index contributed by atoms with van der Waals surface area (Å²) in [5, 5.41) is 14.3. The Hall–Kier alpha value is -1.65. The Balaban J connectivity index is 2.17. The normalized spacial score (nSPS) is 13.8. The topological polar surface area (TPSA) is 58.0 Å². The maximum absolute atomic E-state index is 10.6. The first-order chi connectivity index (χ1) is 9.40. The van der Waals surface area contributed by atoms with E-state index in [1.54, 1.807) is 19.2 Å². The van der Waals surface area contributed by atoms with Crippen LogP contribution in [0.1, 0.15) is 23.9 Å². The monoisotopic (exact) mass is 291 g/mol. The van der Waals surface area contributed by atoms with Crippen molar-refractivity contribution in [3.8, 4) is 0 Å². The second-order valence-corrected chi connectivity index (χ2v) is 5.46. The van der Waals surface area contributed by atoms with Crippen LogP contribution in [0.25, 0.3) is 0 Å². The van der Waals surface area contributed by atoms with E-state index in [0.717, 1.165) is 11.4 Å². The van der Waals surface area contributed by atoms with E-state index in [9.17, 15) is 5.11 Å². The first-order valence-corrected chi connectivity index (χ1v) is 6.79. The number of rotatable bonds is 4. The number of hydrogen-bond donors (Lipinski definition) is 2. The molecule has 2 rings (SSSR count). The van der Waals surface area contributed by atoms with Crippen molar-refractivity contribution in [3.63, 3.8) is 0 Å². The van der Waals surface area contributed by atoms with Crippen LogP contribution < -0.4 is 5.32 Å². The molecular weight excluding hydrogens is 274 g/mol. The van der Waals surface area contributed by atoms with Gasteiger partial charge in [0, 0.05) is 23.3 Å². The fraction of sp³-hybridized carbons (Fsp3) is 0.333. The molecule has 0 aliphatic heterocycles. The number of hydrogen-bond acceptors (Lipinski definition) is 4. The summed E-state index contributed by atoms with van der Waals surface area (Å²) in [4.78, 5) is 8.61. The number of nitrogens with zero attached hydrogens (tertiary/aromatic N) is 2. The molecule has 0 amide bonds. The lowest BCUT2D eigenvalue weighted by molar-refractivity contribution is 0.0715.